The van der Waals surface area contributed by atoms with Gasteiger partial charge in [0, 0.05) is 31.9 Å². The van der Waals surface area contributed by atoms with Gasteiger partial charge in [-0.15, -0.1) is 0 Å². The van der Waals surface area contributed by atoms with Crippen LogP contribution in [0.15, 0.2) is 56.6 Å². The predicted molar refractivity (Wildman–Crippen MR) is 115 cm³/mol. The van der Waals surface area contributed by atoms with Crippen LogP contribution in [0.5, 0.6) is 5.75 Å². The summed E-state index contributed by atoms with van der Waals surface area (Å²) in [4.78, 5) is 24.5. The lowest BCUT2D eigenvalue weighted by Crippen LogP contribution is -2.43. The Morgan fingerprint density at radius 2 is 1.94 bits per heavy atom. The molecule has 1 amide bonds. The normalized spacial score (nSPS) is 17.5. The Balaban J connectivity index is 1.51. The number of amides is 1. The molecule has 1 aromatic heterocycles. The van der Waals surface area contributed by atoms with Crippen molar-refractivity contribution in [1.29, 1.82) is 0 Å². The van der Waals surface area contributed by atoms with Crippen molar-refractivity contribution in [3.8, 4) is 5.75 Å². The van der Waals surface area contributed by atoms with E-state index in [1.807, 2.05) is 0 Å². The van der Waals surface area contributed by atoms with Crippen LogP contribution in [-0.4, -0.2) is 43.4 Å². The Morgan fingerprint density at radius 3 is 2.65 bits per heavy atom. The molecule has 4 rings (SSSR count). The molecule has 2 aromatic carbocycles. The van der Waals surface area contributed by atoms with Gasteiger partial charge in [-0.05, 0) is 49.2 Å². The van der Waals surface area contributed by atoms with Gasteiger partial charge in [0.15, 0.2) is 5.58 Å². The zero-order valence-corrected chi connectivity index (χ0v) is 18.0. The molecule has 9 nitrogen and oxygen atoms in total. The summed E-state index contributed by atoms with van der Waals surface area (Å²) in [5.41, 5.74) is 1.34. The molecule has 1 aliphatic heterocycles. The minimum Gasteiger partial charge on any atom is -0.497 e. The van der Waals surface area contributed by atoms with E-state index in [9.17, 15) is 18.0 Å². The lowest BCUT2D eigenvalue weighted by Gasteiger charge is -2.31. The fraction of sp³-hybridized carbons (Fsp3) is 0.333. The molecular weight excluding hydrogens is 422 g/mol. The molecule has 0 radical (unpaired) electrons. The predicted octanol–water partition coefficient (Wildman–Crippen LogP) is 2.18. The van der Waals surface area contributed by atoms with Crippen molar-refractivity contribution in [2.24, 2.45) is 13.0 Å². The zero-order valence-electron chi connectivity index (χ0n) is 17.2. The number of fused-ring (bicyclic) bond motifs is 1. The smallest absolute Gasteiger partial charge is 0.419 e. The quantitative estimate of drug-likeness (QED) is 0.644. The number of ether oxygens (including phenoxy) is 1. The number of nitrogens with zero attached hydrogens (tertiary/aromatic N) is 2. The van der Waals surface area contributed by atoms with Gasteiger partial charge in [-0.3, -0.25) is 9.36 Å². The number of aromatic nitrogens is 1. The number of carbonyl (C=O) groups excluding carboxylic acids is 1. The van der Waals surface area contributed by atoms with E-state index in [1.165, 1.54) is 21.0 Å². The van der Waals surface area contributed by atoms with Gasteiger partial charge in [-0.25, -0.2) is 13.2 Å². The van der Waals surface area contributed by atoms with Crippen LogP contribution in [0.1, 0.15) is 12.8 Å². The van der Waals surface area contributed by atoms with E-state index in [4.69, 9.17) is 9.15 Å². The monoisotopic (exact) mass is 445 g/mol. The second-order valence-corrected chi connectivity index (χ2v) is 9.41. The summed E-state index contributed by atoms with van der Waals surface area (Å²) in [6.07, 6.45) is 1.17. The maximum absolute atomic E-state index is 13.2. The van der Waals surface area contributed by atoms with E-state index in [1.54, 1.807) is 44.5 Å². The van der Waals surface area contributed by atoms with Gasteiger partial charge < -0.3 is 14.5 Å². The van der Waals surface area contributed by atoms with E-state index in [-0.39, 0.29) is 22.9 Å². The van der Waals surface area contributed by atoms with E-state index >= 15 is 0 Å². The lowest BCUT2D eigenvalue weighted by atomic mass is 9.99. The highest BCUT2D eigenvalue weighted by Crippen LogP contribution is 2.27. The summed E-state index contributed by atoms with van der Waals surface area (Å²) >= 11 is 0. The highest BCUT2D eigenvalue weighted by Gasteiger charge is 2.33. The van der Waals surface area contributed by atoms with Crippen LogP contribution in [0.2, 0.25) is 0 Å². The Labute approximate surface area is 179 Å². The van der Waals surface area contributed by atoms with Crippen molar-refractivity contribution in [2.75, 3.05) is 25.5 Å². The summed E-state index contributed by atoms with van der Waals surface area (Å²) in [6, 6.07) is 11.3. The molecule has 0 aliphatic carbocycles. The van der Waals surface area contributed by atoms with Crippen molar-refractivity contribution >= 4 is 32.7 Å². The van der Waals surface area contributed by atoms with Crippen molar-refractivity contribution < 1.29 is 22.4 Å². The van der Waals surface area contributed by atoms with Gasteiger partial charge in [0.1, 0.15) is 5.75 Å². The summed E-state index contributed by atoms with van der Waals surface area (Å²) in [7, 11) is -0.722. The van der Waals surface area contributed by atoms with Crippen LogP contribution in [0.25, 0.3) is 11.1 Å². The highest BCUT2D eigenvalue weighted by molar-refractivity contribution is 7.89. The van der Waals surface area contributed by atoms with Crippen LogP contribution >= 0.6 is 0 Å². The second-order valence-electron chi connectivity index (χ2n) is 7.48. The van der Waals surface area contributed by atoms with Gasteiger partial charge in [0.2, 0.25) is 15.9 Å². The molecule has 10 heteroatoms. The number of carbonyl (C=O) groups is 1. The fourth-order valence-corrected chi connectivity index (χ4v) is 5.26. The topological polar surface area (TPSA) is 111 Å². The van der Waals surface area contributed by atoms with Crippen molar-refractivity contribution in [1.82, 2.24) is 8.87 Å². The third-order valence-corrected chi connectivity index (χ3v) is 7.38. The van der Waals surface area contributed by atoms with Crippen LogP contribution in [-0.2, 0) is 21.9 Å². The number of hydrogen-bond acceptors (Lipinski definition) is 6. The van der Waals surface area contributed by atoms with E-state index in [2.05, 4.69) is 5.32 Å². The first-order valence-corrected chi connectivity index (χ1v) is 11.3. The largest absolute Gasteiger partial charge is 0.497 e. The molecule has 31 heavy (non-hydrogen) atoms. The third kappa shape index (κ3) is 4.08. The average Bonchev–Trinajstić information content (AvgIpc) is 3.07. The zero-order chi connectivity index (χ0) is 22.2. The maximum Gasteiger partial charge on any atom is 0.419 e. The van der Waals surface area contributed by atoms with Gasteiger partial charge in [0.25, 0.3) is 0 Å². The highest BCUT2D eigenvalue weighted by atomic mass is 32.2. The van der Waals surface area contributed by atoms with Gasteiger partial charge in [-0.1, -0.05) is 0 Å². The van der Waals surface area contributed by atoms with Crippen LogP contribution in [0.3, 0.4) is 0 Å². The Hall–Kier alpha value is -3.11. The molecule has 164 valence electrons. The number of benzene rings is 2. The first kappa shape index (κ1) is 21.1. The standard InChI is InChI=1S/C21H23N3O6S/c1-23-18-10-9-17(12-19(18)30-21(23)26)31(27,28)24-11-3-4-14(13-24)20(25)22-15-5-7-16(29-2)8-6-15/h5-10,12,14H,3-4,11,13H2,1-2H3,(H,22,25). The Bertz CT molecular complexity index is 1280. The second kappa shape index (κ2) is 8.20. The van der Waals surface area contributed by atoms with E-state index < -0.39 is 21.7 Å². The molecule has 0 saturated carbocycles. The lowest BCUT2D eigenvalue weighted by molar-refractivity contribution is -0.120. The van der Waals surface area contributed by atoms with Gasteiger partial charge in [0.05, 0.1) is 23.4 Å². The van der Waals surface area contributed by atoms with Crippen LogP contribution in [0.4, 0.5) is 5.69 Å². The van der Waals surface area contributed by atoms with E-state index in [0.717, 1.165) is 0 Å². The minimum atomic E-state index is -3.84. The first-order chi connectivity index (χ1) is 14.8. The first-order valence-electron chi connectivity index (χ1n) is 9.84. The van der Waals surface area contributed by atoms with E-state index in [0.29, 0.717) is 36.3 Å². The number of rotatable bonds is 5. The summed E-state index contributed by atoms with van der Waals surface area (Å²) in [5, 5.41) is 2.84. The number of piperidine rings is 1. The summed E-state index contributed by atoms with van der Waals surface area (Å²) in [6.45, 7) is 0.409. The molecule has 0 spiro atoms. The molecule has 1 unspecified atom stereocenters. The Morgan fingerprint density at radius 1 is 1.19 bits per heavy atom. The molecule has 1 fully saturated rings. The van der Waals surface area contributed by atoms with Crippen LogP contribution < -0.4 is 15.8 Å². The fourth-order valence-electron chi connectivity index (χ4n) is 3.72. The minimum absolute atomic E-state index is 0.0329. The van der Waals surface area contributed by atoms with Crippen LogP contribution in [0, 0.1) is 5.92 Å². The van der Waals surface area contributed by atoms with Crippen molar-refractivity contribution in [3.05, 3.63) is 53.0 Å². The Kier molecular flexibility index (Phi) is 5.59. The maximum atomic E-state index is 13.2. The number of oxazole rings is 1. The van der Waals surface area contributed by atoms with Gasteiger partial charge in [-0.2, -0.15) is 4.31 Å². The molecule has 1 atom stereocenters. The molecule has 2 heterocycles. The number of methoxy groups -OCH3 is 1. The molecule has 1 saturated heterocycles. The SMILES string of the molecule is COc1ccc(NC(=O)C2CCCN(S(=O)(=O)c3ccc4c(c3)oc(=O)n4C)C2)cc1. The molecular formula is C21H23N3O6S. The number of anilines is 1. The molecule has 0 bridgehead atoms. The number of aryl methyl sites for hydroxylation is 1. The number of sulfonamides is 1. The average molecular weight is 445 g/mol. The molecule has 3 aromatic rings. The number of hydrogen-bond donors (Lipinski definition) is 1. The third-order valence-electron chi connectivity index (χ3n) is 5.51. The summed E-state index contributed by atoms with van der Waals surface area (Å²) < 4.78 is 39.2. The molecule has 1 aliphatic rings. The molecule has 1 N–H and O–H groups in total. The number of nitrogens with one attached hydrogen (secondary N) is 1. The summed E-state index contributed by atoms with van der Waals surface area (Å²) in [5.74, 6) is -0.574. The van der Waals surface area contributed by atoms with Gasteiger partial charge >= 0.3 is 5.76 Å². The van der Waals surface area contributed by atoms with Crippen molar-refractivity contribution in [2.45, 2.75) is 17.7 Å². The van der Waals surface area contributed by atoms with Crippen molar-refractivity contribution in [3.63, 3.8) is 0 Å².